The monoisotopic (exact) mass is 370 g/mol. The SMILES string of the molecule is CCCC(C(=O)OCc1cc(=O)n2cc(Cl)ccc2n1)c1ccccc1. The van der Waals surface area contributed by atoms with Gasteiger partial charge in [-0.25, -0.2) is 4.98 Å². The molecule has 6 heteroatoms. The Hall–Kier alpha value is -2.66. The predicted octanol–water partition coefficient (Wildman–Crippen LogP) is 3.98. The number of aromatic nitrogens is 2. The quantitative estimate of drug-likeness (QED) is 0.616. The fourth-order valence-electron chi connectivity index (χ4n) is 2.84. The molecular weight excluding hydrogens is 352 g/mol. The Morgan fingerprint density at radius 1 is 1.23 bits per heavy atom. The summed E-state index contributed by atoms with van der Waals surface area (Å²) >= 11 is 5.90. The van der Waals surface area contributed by atoms with Crippen LogP contribution in [0.4, 0.5) is 0 Å². The van der Waals surface area contributed by atoms with Gasteiger partial charge in [0, 0.05) is 12.3 Å². The maximum absolute atomic E-state index is 12.5. The smallest absolute Gasteiger partial charge is 0.313 e. The fourth-order valence-corrected chi connectivity index (χ4v) is 3.00. The number of hydrogen-bond acceptors (Lipinski definition) is 4. The van der Waals surface area contributed by atoms with Crippen LogP contribution in [0.3, 0.4) is 0 Å². The van der Waals surface area contributed by atoms with Gasteiger partial charge in [-0.2, -0.15) is 0 Å². The molecule has 0 spiro atoms. The van der Waals surface area contributed by atoms with Crippen molar-refractivity contribution in [3.8, 4) is 0 Å². The largest absolute Gasteiger partial charge is 0.459 e. The summed E-state index contributed by atoms with van der Waals surface area (Å²) in [6, 6.07) is 14.2. The third kappa shape index (κ3) is 4.11. The molecule has 1 unspecified atom stereocenters. The van der Waals surface area contributed by atoms with Crippen LogP contribution in [0.2, 0.25) is 5.02 Å². The van der Waals surface area contributed by atoms with Crippen LogP contribution in [-0.2, 0) is 16.1 Å². The molecule has 0 saturated heterocycles. The summed E-state index contributed by atoms with van der Waals surface area (Å²) in [5.41, 5.74) is 1.53. The highest BCUT2D eigenvalue weighted by molar-refractivity contribution is 6.30. The van der Waals surface area contributed by atoms with Gasteiger partial charge in [0.2, 0.25) is 0 Å². The summed E-state index contributed by atoms with van der Waals surface area (Å²) in [7, 11) is 0. The van der Waals surface area contributed by atoms with E-state index in [0.29, 0.717) is 22.8 Å². The molecule has 3 rings (SSSR count). The minimum Gasteiger partial charge on any atom is -0.459 e. The van der Waals surface area contributed by atoms with Crippen LogP contribution in [0, 0.1) is 0 Å². The van der Waals surface area contributed by atoms with E-state index < -0.39 is 0 Å². The van der Waals surface area contributed by atoms with Gasteiger partial charge in [0.25, 0.3) is 5.56 Å². The lowest BCUT2D eigenvalue weighted by Gasteiger charge is -2.15. The summed E-state index contributed by atoms with van der Waals surface area (Å²) in [6.45, 7) is 1.99. The number of benzene rings is 1. The summed E-state index contributed by atoms with van der Waals surface area (Å²) in [4.78, 5) is 29.1. The molecule has 2 heterocycles. The van der Waals surface area contributed by atoms with E-state index in [-0.39, 0.29) is 24.1 Å². The van der Waals surface area contributed by atoms with E-state index in [2.05, 4.69) is 4.98 Å². The number of rotatable bonds is 6. The second-order valence-corrected chi connectivity index (χ2v) is 6.46. The summed E-state index contributed by atoms with van der Waals surface area (Å²) in [6.07, 6.45) is 3.08. The van der Waals surface area contributed by atoms with Crippen molar-refractivity contribution in [3.05, 3.63) is 81.4 Å². The van der Waals surface area contributed by atoms with Crippen LogP contribution in [-0.4, -0.2) is 15.4 Å². The first kappa shape index (κ1) is 18.1. The van der Waals surface area contributed by atoms with E-state index in [4.69, 9.17) is 16.3 Å². The molecule has 0 aliphatic carbocycles. The third-order valence-corrected chi connectivity index (χ3v) is 4.33. The zero-order valence-corrected chi connectivity index (χ0v) is 15.1. The minimum absolute atomic E-state index is 0.0414. The first-order chi connectivity index (χ1) is 12.6. The van der Waals surface area contributed by atoms with Crippen LogP contribution in [0.1, 0.15) is 36.9 Å². The lowest BCUT2D eigenvalue weighted by Crippen LogP contribution is -2.19. The molecular formula is C20H19ClN2O3. The highest BCUT2D eigenvalue weighted by atomic mass is 35.5. The standard InChI is InChI=1S/C20H19ClN2O3/c1-2-6-17(14-7-4-3-5-8-14)20(25)26-13-16-11-19(24)23-12-15(21)9-10-18(23)22-16/h3-5,7-12,17H,2,6,13H2,1H3. The van der Waals surface area contributed by atoms with Gasteiger partial charge in [0.15, 0.2) is 0 Å². The highest BCUT2D eigenvalue weighted by Gasteiger charge is 2.21. The van der Waals surface area contributed by atoms with Gasteiger partial charge >= 0.3 is 5.97 Å². The molecule has 0 N–H and O–H groups in total. The number of halogens is 1. The molecule has 5 nitrogen and oxygen atoms in total. The Kier molecular flexibility index (Phi) is 5.68. The molecule has 1 aromatic carbocycles. The molecule has 134 valence electrons. The number of nitrogens with zero attached hydrogens (tertiary/aromatic N) is 2. The molecule has 26 heavy (non-hydrogen) atoms. The number of carbonyl (C=O) groups is 1. The first-order valence-corrected chi connectivity index (χ1v) is 8.85. The number of carbonyl (C=O) groups excluding carboxylic acids is 1. The normalized spacial score (nSPS) is 12.1. The Labute approximate surface area is 156 Å². The van der Waals surface area contributed by atoms with E-state index in [1.807, 2.05) is 37.3 Å². The highest BCUT2D eigenvalue weighted by Crippen LogP contribution is 2.23. The van der Waals surface area contributed by atoms with Gasteiger partial charge in [0.1, 0.15) is 12.3 Å². The average molecular weight is 371 g/mol. The molecule has 0 amide bonds. The van der Waals surface area contributed by atoms with Crippen LogP contribution in [0.5, 0.6) is 0 Å². The predicted molar refractivity (Wildman–Crippen MR) is 100 cm³/mol. The van der Waals surface area contributed by atoms with Gasteiger partial charge in [-0.05, 0) is 24.1 Å². The first-order valence-electron chi connectivity index (χ1n) is 8.48. The average Bonchev–Trinajstić information content (AvgIpc) is 2.65. The molecule has 2 aromatic heterocycles. The molecule has 0 aliphatic heterocycles. The van der Waals surface area contributed by atoms with Gasteiger partial charge in [0.05, 0.1) is 16.6 Å². The van der Waals surface area contributed by atoms with Crippen molar-refractivity contribution in [2.75, 3.05) is 0 Å². The Morgan fingerprint density at radius 2 is 2.00 bits per heavy atom. The number of pyridine rings is 1. The number of hydrogen-bond donors (Lipinski definition) is 0. The van der Waals surface area contributed by atoms with Crippen molar-refractivity contribution in [2.24, 2.45) is 0 Å². The van der Waals surface area contributed by atoms with Crippen molar-refractivity contribution in [2.45, 2.75) is 32.3 Å². The van der Waals surface area contributed by atoms with Crippen molar-refractivity contribution < 1.29 is 9.53 Å². The van der Waals surface area contributed by atoms with Crippen molar-refractivity contribution in [1.29, 1.82) is 0 Å². The van der Waals surface area contributed by atoms with Crippen molar-refractivity contribution in [3.63, 3.8) is 0 Å². The van der Waals surface area contributed by atoms with Crippen LogP contribution < -0.4 is 5.56 Å². The van der Waals surface area contributed by atoms with Crippen LogP contribution >= 0.6 is 11.6 Å². The Balaban J connectivity index is 1.77. The molecule has 0 aliphatic rings. The van der Waals surface area contributed by atoms with Gasteiger partial charge < -0.3 is 4.74 Å². The van der Waals surface area contributed by atoms with E-state index in [9.17, 15) is 9.59 Å². The summed E-state index contributed by atoms with van der Waals surface area (Å²) in [5.74, 6) is -0.627. The number of fused-ring (bicyclic) bond motifs is 1. The van der Waals surface area contributed by atoms with E-state index >= 15 is 0 Å². The summed E-state index contributed by atoms with van der Waals surface area (Å²) < 4.78 is 6.81. The minimum atomic E-state index is -0.318. The van der Waals surface area contributed by atoms with Crippen LogP contribution in [0.25, 0.3) is 5.65 Å². The number of esters is 1. The van der Waals surface area contributed by atoms with Crippen molar-refractivity contribution >= 4 is 23.2 Å². The lowest BCUT2D eigenvalue weighted by molar-refractivity contribution is -0.147. The molecule has 3 aromatic rings. The fraction of sp³-hybridized carbons (Fsp3) is 0.250. The summed E-state index contributed by atoms with van der Waals surface area (Å²) in [5, 5.41) is 0.450. The third-order valence-electron chi connectivity index (χ3n) is 4.10. The van der Waals surface area contributed by atoms with Crippen LogP contribution in [0.15, 0.2) is 59.5 Å². The molecule has 0 saturated carbocycles. The van der Waals surface area contributed by atoms with Gasteiger partial charge in [-0.15, -0.1) is 0 Å². The van der Waals surface area contributed by atoms with E-state index in [1.54, 1.807) is 12.1 Å². The molecule has 0 radical (unpaired) electrons. The van der Waals surface area contributed by atoms with E-state index in [1.165, 1.54) is 16.7 Å². The maximum Gasteiger partial charge on any atom is 0.313 e. The van der Waals surface area contributed by atoms with Crippen molar-refractivity contribution in [1.82, 2.24) is 9.38 Å². The van der Waals surface area contributed by atoms with E-state index in [0.717, 1.165) is 12.0 Å². The zero-order chi connectivity index (χ0) is 18.5. The zero-order valence-electron chi connectivity index (χ0n) is 14.4. The Morgan fingerprint density at radius 3 is 2.73 bits per heavy atom. The second-order valence-electron chi connectivity index (χ2n) is 6.02. The lowest BCUT2D eigenvalue weighted by atomic mass is 9.95. The molecule has 0 fully saturated rings. The Bertz CT molecular complexity index is 970. The molecule has 0 bridgehead atoms. The molecule has 1 atom stereocenters. The topological polar surface area (TPSA) is 60.7 Å². The van der Waals surface area contributed by atoms with Gasteiger partial charge in [-0.1, -0.05) is 55.3 Å². The maximum atomic E-state index is 12.5. The number of ether oxygens (including phenoxy) is 1. The van der Waals surface area contributed by atoms with Gasteiger partial charge in [-0.3, -0.25) is 14.0 Å². The second kappa shape index (κ2) is 8.15.